The van der Waals surface area contributed by atoms with Crippen molar-refractivity contribution < 1.29 is 0 Å². The maximum absolute atomic E-state index is 2.40. The average Bonchev–Trinajstić information content (AvgIpc) is 3.35. The Morgan fingerprint density at radius 3 is 1.54 bits per heavy atom. The molecule has 0 aromatic heterocycles. The first-order valence-electron chi connectivity index (χ1n) is 10.2. The van der Waals surface area contributed by atoms with E-state index in [-0.39, 0.29) is 0 Å². The van der Waals surface area contributed by atoms with Crippen molar-refractivity contribution in [2.75, 3.05) is 36.2 Å². The van der Waals surface area contributed by atoms with Gasteiger partial charge in [0.1, 0.15) is 0 Å². The molecule has 0 radical (unpaired) electrons. The van der Waals surface area contributed by atoms with Crippen LogP contribution in [0.5, 0.6) is 0 Å². The van der Waals surface area contributed by atoms with Gasteiger partial charge < -0.3 is 19.6 Å². The summed E-state index contributed by atoms with van der Waals surface area (Å²) in [5.74, 6) is 0. The van der Waals surface area contributed by atoms with Gasteiger partial charge in [-0.15, -0.1) is 0 Å². The van der Waals surface area contributed by atoms with E-state index in [9.17, 15) is 0 Å². The summed E-state index contributed by atoms with van der Waals surface area (Å²) in [5, 5.41) is 0. The Kier molecular flexibility index (Phi) is 5.56. The molecule has 4 rings (SSSR count). The second kappa shape index (κ2) is 8.42. The first kappa shape index (κ1) is 18.5. The van der Waals surface area contributed by atoms with Crippen LogP contribution in [-0.2, 0) is 0 Å². The Bertz CT molecular complexity index is 786. The summed E-state index contributed by atoms with van der Waals surface area (Å²) >= 11 is 0. The van der Waals surface area contributed by atoms with Gasteiger partial charge in [-0.1, -0.05) is 24.3 Å². The Balaban J connectivity index is 1.16. The van der Waals surface area contributed by atoms with E-state index in [1.807, 2.05) is 0 Å². The monoisotopic (exact) mass is 374 g/mol. The summed E-state index contributed by atoms with van der Waals surface area (Å²) in [4.78, 5) is 9.44. The number of hydrogen-bond donors (Lipinski definition) is 0. The lowest BCUT2D eigenvalue weighted by Gasteiger charge is -2.23. The van der Waals surface area contributed by atoms with Gasteiger partial charge in [0.15, 0.2) is 0 Å². The molecular weight excluding hydrogens is 344 g/mol. The normalized spacial score (nSPS) is 15.9. The number of unbranched alkanes of at least 4 members (excludes halogenated alkanes) is 1. The van der Waals surface area contributed by atoms with E-state index in [1.165, 1.54) is 35.3 Å². The highest BCUT2D eigenvalue weighted by molar-refractivity contribution is 5.52. The molecule has 0 amide bonds. The molecule has 2 heterocycles. The Hall–Kier alpha value is -2.88. The molecule has 0 saturated heterocycles. The van der Waals surface area contributed by atoms with Gasteiger partial charge in [0.25, 0.3) is 0 Å². The van der Waals surface area contributed by atoms with Crippen LogP contribution in [0.2, 0.25) is 0 Å². The first-order chi connectivity index (χ1) is 13.7. The molecule has 28 heavy (non-hydrogen) atoms. The number of nitrogens with zero attached hydrogens (tertiary/aromatic N) is 4. The molecule has 0 atom stereocenters. The Morgan fingerprint density at radius 1 is 0.643 bits per heavy atom. The van der Waals surface area contributed by atoms with Crippen molar-refractivity contribution in [1.82, 2.24) is 9.80 Å². The fourth-order valence-electron chi connectivity index (χ4n) is 3.80. The average molecular weight is 375 g/mol. The van der Waals surface area contributed by atoms with E-state index in [0.717, 1.165) is 26.4 Å². The van der Waals surface area contributed by atoms with E-state index in [4.69, 9.17) is 0 Å². The molecule has 0 aliphatic carbocycles. The van der Waals surface area contributed by atoms with Crippen molar-refractivity contribution >= 4 is 11.4 Å². The smallest absolute Gasteiger partial charge is 0.0941 e. The number of hydrogen-bond acceptors (Lipinski definition) is 4. The fourth-order valence-corrected chi connectivity index (χ4v) is 3.80. The van der Waals surface area contributed by atoms with E-state index in [0.29, 0.717) is 0 Å². The van der Waals surface area contributed by atoms with Crippen LogP contribution < -0.4 is 9.80 Å². The SMILES string of the molecule is Cc1cccc(N2C=CN(CCCCN3C=CN(c4cccc(C)c4)C3)C2)c1. The largest absolute Gasteiger partial charge is 0.358 e. The number of aryl methyl sites for hydroxylation is 2. The quantitative estimate of drug-likeness (QED) is 0.640. The second-order valence-electron chi connectivity index (χ2n) is 7.83. The third-order valence-corrected chi connectivity index (χ3v) is 5.39. The molecule has 146 valence electrons. The molecule has 4 heteroatoms. The minimum Gasteiger partial charge on any atom is -0.358 e. The summed E-state index contributed by atoms with van der Waals surface area (Å²) in [5.41, 5.74) is 5.17. The third-order valence-electron chi connectivity index (χ3n) is 5.39. The second-order valence-corrected chi connectivity index (χ2v) is 7.83. The van der Waals surface area contributed by atoms with Crippen LogP contribution in [0.25, 0.3) is 0 Å². The molecule has 2 aromatic rings. The highest BCUT2D eigenvalue weighted by atomic mass is 15.3. The van der Waals surface area contributed by atoms with E-state index in [2.05, 4.69) is 107 Å². The van der Waals surface area contributed by atoms with Crippen LogP contribution in [0.15, 0.2) is 73.3 Å². The van der Waals surface area contributed by atoms with Gasteiger partial charge >= 0.3 is 0 Å². The lowest BCUT2D eigenvalue weighted by atomic mass is 10.2. The van der Waals surface area contributed by atoms with Gasteiger partial charge in [-0.25, -0.2) is 0 Å². The molecule has 2 aliphatic heterocycles. The molecule has 0 saturated carbocycles. The summed E-state index contributed by atoms with van der Waals surface area (Å²) in [6, 6.07) is 17.4. The predicted molar refractivity (Wildman–Crippen MR) is 118 cm³/mol. The van der Waals surface area contributed by atoms with Crippen LogP contribution >= 0.6 is 0 Å². The van der Waals surface area contributed by atoms with Crippen molar-refractivity contribution in [2.45, 2.75) is 26.7 Å². The Labute approximate surface area is 169 Å². The summed E-state index contributed by atoms with van der Waals surface area (Å²) in [6.45, 7) is 8.42. The zero-order chi connectivity index (χ0) is 19.3. The van der Waals surface area contributed by atoms with Gasteiger partial charge in [-0.2, -0.15) is 0 Å². The number of benzene rings is 2. The van der Waals surface area contributed by atoms with Crippen molar-refractivity contribution in [3.05, 3.63) is 84.5 Å². The van der Waals surface area contributed by atoms with Crippen LogP contribution in [0.3, 0.4) is 0 Å². The van der Waals surface area contributed by atoms with Gasteiger partial charge in [-0.3, -0.25) is 0 Å². The van der Waals surface area contributed by atoms with Crippen LogP contribution in [-0.4, -0.2) is 36.2 Å². The van der Waals surface area contributed by atoms with Gasteiger partial charge in [0.05, 0.1) is 13.3 Å². The molecule has 0 fully saturated rings. The minimum atomic E-state index is 0.953. The molecule has 0 unspecified atom stereocenters. The number of rotatable bonds is 7. The lowest BCUT2D eigenvalue weighted by Crippen LogP contribution is -2.28. The zero-order valence-electron chi connectivity index (χ0n) is 17.0. The third kappa shape index (κ3) is 4.50. The summed E-state index contributed by atoms with van der Waals surface area (Å²) < 4.78 is 0. The standard InChI is InChI=1S/C24H30N4/c1-21-7-5-9-23(17-21)27-15-13-25(19-27)11-3-4-12-26-14-16-28(20-26)24-10-6-8-22(2)18-24/h5-10,13-18H,3-4,11-12,19-20H2,1-2H3. The zero-order valence-corrected chi connectivity index (χ0v) is 17.0. The van der Waals surface area contributed by atoms with Crippen molar-refractivity contribution in [3.8, 4) is 0 Å². The lowest BCUT2D eigenvalue weighted by molar-refractivity contribution is 0.354. The molecule has 2 aliphatic rings. The van der Waals surface area contributed by atoms with Crippen LogP contribution in [0, 0.1) is 13.8 Å². The van der Waals surface area contributed by atoms with Gasteiger partial charge in [0, 0.05) is 49.3 Å². The predicted octanol–water partition coefficient (Wildman–Crippen LogP) is 4.89. The maximum Gasteiger partial charge on any atom is 0.0941 e. The van der Waals surface area contributed by atoms with Gasteiger partial charge in [0.2, 0.25) is 0 Å². The maximum atomic E-state index is 2.40. The highest BCUT2D eigenvalue weighted by Gasteiger charge is 2.15. The van der Waals surface area contributed by atoms with E-state index in [1.54, 1.807) is 0 Å². The van der Waals surface area contributed by atoms with Crippen LogP contribution in [0.4, 0.5) is 11.4 Å². The highest BCUT2D eigenvalue weighted by Crippen LogP contribution is 2.22. The molecule has 4 nitrogen and oxygen atoms in total. The number of anilines is 2. The fraction of sp³-hybridized carbons (Fsp3) is 0.333. The van der Waals surface area contributed by atoms with Crippen molar-refractivity contribution in [1.29, 1.82) is 0 Å². The molecule has 0 N–H and O–H groups in total. The first-order valence-corrected chi connectivity index (χ1v) is 10.2. The molecule has 0 bridgehead atoms. The molecular formula is C24H30N4. The van der Waals surface area contributed by atoms with Gasteiger partial charge in [-0.05, 0) is 62.1 Å². The van der Waals surface area contributed by atoms with Crippen molar-refractivity contribution in [2.24, 2.45) is 0 Å². The molecule has 2 aromatic carbocycles. The summed E-state index contributed by atoms with van der Waals surface area (Å²) in [7, 11) is 0. The topological polar surface area (TPSA) is 13.0 Å². The van der Waals surface area contributed by atoms with E-state index < -0.39 is 0 Å². The Morgan fingerprint density at radius 2 is 1.11 bits per heavy atom. The summed E-state index contributed by atoms with van der Waals surface area (Å²) in [6.07, 6.45) is 11.2. The van der Waals surface area contributed by atoms with E-state index >= 15 is 0 Å². The molecule has 0 spiro atoms. The minimum absolute atomic E-state index is 0.953. The van der Waals surface area contributed by atoms with Crippen molar-refractivity contribution in [3.63, 3.8) is 0 Å². The van der Waals surface area contributed by atoms with Crippen LogP contribution in [0.1, 0.15) is 24.0 Å².